The van der Waals surface area contributed by atoms with Gasteiger partial charge in [-0.2, -0.15) is 4.98 Å². The second-order valence-corrected chi connectivity index (χ2v) is 15.3. The quantitative estimate of drug-likeness (QED) is 0.0981. The van der Waals surface area contributed by atoms with Crippen LogP contribution in [-0.2, 0) is 36.7 Å². The minimum Gasteiger partial charge on any atom is -0.386 e. The monoisotopic (exact) mass is 688 g/mol. The molecule has 3 saturated heterocycles. The van der Waals surface area contributed by atoms with Gasteiger partial charge >= 0.3 is 6.80 Å². The first-order valence-electron chi connectivity index (χ1n) is 13.2. The molecule has 3 aliphatic heterocycles. The number of nitrogens with zero attached hydrogens (tertiary/aromatic N) is 7. The molecule has 0 bridgehead atoms. The maximum absolute atomic E-state index is 16.0. The minimum atomic E-state index is -4.34. The molecule has 240 valence electrons. The number of hydrogen-bond donors (Lipinski definition) is 5. The summed E-state index contributed by atoms with van der Waals surface area (Å²) in [7, 11) is -2.97. The number of rotatable bonds is 2. The molecule has 0 aliphatic carbocycles. The summed E-state index contributed by atoms with van der Waals surface area (Å²) in [6.07, 6.45) is -8.26. The summed E-state index contributed by atoms with van der Waals surface area (Å²) in [5.41, 5.74) is 11.1. The van der Waals surface area contributed by atoms with Crippen LogP contribution in [0.15, 0.2) is 23.8 Å². The molecule has 10 atom stereocenters. The number of ether oxygens (including phenoxy) is 2. The van der Waals surface area contributed by atoms with E-state index >= 15 is 4.39 Å². The molecule has 0 aromatic carbocycles. The summed E-state index contributed by atoms with van der Waals surface area (Å²) in [5, 5.41) is 11.2. The molecule has 45 heavy (non-hydrogen) atoms. The molecule has 4 aromatic rings. The Morgan fingerprint density at radius 1 is 0.978 bits per heavy atom. The molecule has 7 heterocycles. The Bertz CT molecular complexity index is 1950. The van der Waals surface area contributed by atoms with Crippen molar-refractivity contribution in [3.05, 3.63) is 29.3 Å². The van der Waals surface area contributed by atoms with E-state index < -0.39 is 82.2 Å². The smallest absolute Gasteiger partial charge is 0.386 e. The molecule has 6 unspecified atom stereocenters. The summed E-state index contributed by atoms with van der Waals surface area (Å²) in [4.78, 5) is 34.7. The molecule has 25 heteroatoms. The van der Waals surface area contributed by atoms with E-state index in [0.29, 0.717) is 0 Å². The number of aliphatic hydroxyl groups excluding tert-OH is 1. The topological polar surface area (TPSA) is 269 Å². The summed E-state index contributed by atoms with van der Waals surface area (Å²) in [6.45, 7) is -5.50. The van der Waals surface area contributed by atoms with Crippen LogP contribution in [0, 0.1) is 0 Å². The molecule has 3 aliphatic rings. The molecule has 0 amide bonds. The van der Waals surface area contributed by atoms with E-state index in [1.807, 2.05) is 0 Å². The first-order chi connectivity index (χ1) is 21.3. The van der Waals surface area contributed by atoms with E-state index in [1.54, 1.807) is 0 Å². The average molecular weight is 688 g/mol. The number of imidazole rings is 2. The third kappa shape index (κ3) is 5.45. The van der Waals surface area contributed by atoms with Crippen LogP contribution in [0.1, 0.15) is 12.5 Å². The molecule has 20 nitrogen and oxygen atoms in total. The molecular formula is C20H24BFN10O10P2S. The Balaban J connectivity index is 1.17. The fourth-order valence-electron chi connectivity index (χ4n) is 5.39. The number of aromatic amines is 1. The predicted octanol–water partition coefficient (Wildman–Crippen LogP) is -0.786. The largest absolute Gasteiger partial charge is 0.386 e. The first kappa shape index (κ1) is 30.7. The Kier molecular flexibility index (Phi) is 7.55. The zero-order chi connectivity index (χ0) is 31.8. The zero-order valence-corrected chi connectivity index (χ0v) is 25.6. The highest BCUT2D eigenvalue weighted by Crippen LogP contribution is 2.58. The van der Waals surface area contributed by atoms with Crippen molar-refractivity contribution in [2.24, 2.45) is 0 Å². The van der Waals surface area contributed by atoms with E-state index in [-0.39, 0.29) is 34.1 Å². The number of H-pyrrole nitrogens is 1. The van der Waals surface area contributed by atoms with Crippen LogP contribution >= 0.6 is 26.5 Å². The van der Waals surface area contributed by atoms with E-state index in [4.69, 9.17) is 39.0 Å². The van der Waals surface area contributed by atoms with Gasteiger partial charge in [0.1, 0.15) is 42.4 Å². The van der Waals surface area contributed by atoms with Crippen molar-refractivity contribution in [3.63, 3.8) is 0 Å². The van der Waals surface area contributed by atoms with Crippen molar-refractivity contribution in [2.45, 2.75) is 49.1 Å². The van der Waals surface area contributed by atoms with Crippen LogP contribution in [-0.4, -0.2) is 102 Å². The summed E-state index contributed by atoms with van der Waals surface area (Å²) >= 11 is 4.04. The highest BCUT2D eigenvalue weighted by Gasteiger charge is 2.53. The fraction of sp³-hybridized carbons (Fsp3) is 0.500. The normalized spacial score (nSPS) is 37.7. The van der Waals surface area contributed by atoms with Crippen molar-refractivity contribution in [1.29, 1.82) is 0 Å². The molecule has 7 rings (SSSR count). The number of nitrogens with one attached hydrogen (secondary N) is 1. The fourth-order valence-corrected chi connectivity index (χ4v) is 8.05. The maximum Gasteiger partial charge on any atom is 0.386 e. The Morgan fingerprint density at radius 2 is 1.64 bits per heavy atom. The number of aliphatic hydroxyl groups is 1. The van der Waals surface area contributed by atoms with Crippen LogP contribution in [0.3, 0.4) is 0 Å². The Morgan fingerprint density at radius 3 is 2.42 bits per heavy atom. The number of alkyl halides is 1. The Labute approximate surface area is 256 Å². The summed E-state index contributed by atoms with van der Waals surface area (Å²) in [6, 6.07) is 0. The number of thiol groups is 1. The van der Waals surface area contributed by atoms with Gasteiger partial charge in [-0.3, -0.25) is 32.5 Å². The predicted molar refractivity (Wildman–Crippen MR) is 155 cm³/mol. The third-order valence-electron chi connectivity index (χ3n) is 7.41. The van der Waals surface area contributed by atoms with Gasteiger partial charge in [-0.25, -0.2) is 28.9 Å². The van der Waals surface area contributed by atoms with Crippen LogP contribution in [0.4, 0.5) is 16.2 Å². The number of anilines is 2. The van der Waals surface area contributed by atoms with Crippen molar-refractivity contribution in [3.8, 4) is 0 Å². The molecule has 6 N–H and O–H groups in total. The third-order valence-corrected chi connectivity index (χ3v) is 10.3. The van der Waals surface area contributed by atoms with E-state index in [0.717, 1.165) is 7.57 Å². The van der Waals surface area contributed by atoms with Crippen LogP contribution in [0.2, 0.25) is 0 Å². The van der Waals surface area contributed by atoms with E-state index in [1.165, 1.54) is 28.1 Å². The van der Waals surface area contributed by atoms with Gasteiger partial charge in [0, 0.05) is 0 Å². The van der Waals surface area contributed by atoms with Gasteiger partial charge < -0.3 is 35.1 Å². The lowest BCUT2D eigenvalue weighted by Crippen LogP contribution is -2.38. The second kappa shape index (κ2) is 11.1. The average Bonchev–Trinajstić information content (AvgIpc) is 3.72. The van der Waals surface area contributed by atoms with Gasteiger partial charge in [-0.1, -0.05) is 12.2 Å². The zero-order valence-electron chi connectivity index (χ0n) is 22.9. The highest BCUT2D eigenvalue weighted by molar-refractivity contribution is 8.44. The van der Waals surface area contributed by atoms with Gasteiger partial charge in [-0.05, 0) is 0 Å². The van der Waals surface area contributed by atoms with Gasteiger partial charge in [0.05, 0.1) is 25.9 Å². The van der Waals surface area contributed by atoms with E-state index in [2.05, 4.69) is 42.2 Å². The first-order valence-corrected chi connectivity index (χ1v) is 17.8. The highest BCUT2D eigenvalue weighted by atomic mass is 32.7. The van der Waals surface area contributed by atoms with Gasteiger partial charge in [0.25, 0.3) is 20.6 Å². The second-order valence-electron chi connectivity index (χ2n) is 10.4. The molecule has 3 fully saturated rings. The number of aromatic nitrogens is 8. The molecular weight excluding hydrogens is 664 g/mol. The number of nitrogen functional groups attached to an aromatic ring is 2. The molecule has 0 saturated carbocycles. The van der Waals surface area contributed by atoms with Crippen molar-refractivity contribution < 1.29 is 46.2 Å². The summed E-state index contributed by atoms with van der Waals surface area (Å²) < 4.78 is 79.5. The molecule has 0 radical (unpaired) electrons. The van der Waals surface area contributed by atoms with Crippen LogP contribution < -0.4 is 17.0 Å². The minimum absolute atomic E-state index is 0.0262. The number of fused-ring (bicyclic) bond motifs is 4. The molecule has 0 spiro atoms. The SMILES string of the molecule is BP1(=O)OC[C@H]2O[C@@H](n3cnc4c(=O)[nH]c(N)nc43)C(O)C2OP(=O)(S)OC[C@H]2O[C@@H](n3cnc4c(N)ncnc43)C(F)C2O1. The van der Waals surface area contributed by atoms with Crippen molar-refractivity contribution in [1.82, 2.24) is 39.0 Å². The molecule has 4 aromatic heterocycles. The van der Waals surface area contributed by atoms with Crippen molar-refractivity contribution >= 4 is 68.2 Å². The number of halogens is 1. The lowest BCUT2D eigenvalue weighted by Gasteiger charge is -2.29. The lowest BCUT2D eigenvalue weighted by atomic mass is 10.1. The van der Waals surface area contributed by atoms with Crippen LogP contribution in [0.25, 0.3) is 22.3 Å². The van der Waals surface area contributed by atoms with Gasteiger partial charge in [0.2, 0.25) is 5.95 Å². The van der Waals surface area contributed by atoms with Gasteiger partial charge in [-0.15, -0.1) is 0 Å². The van der Waals surface area contributed by atoms with Crippen molar-refractivity contribution in [2.75, 3.05) is 24.7 Å². The lowest BCUT2D eigenvalue weighted by molar-refractivity contribution is -0.0557. The number of hydrogen-bond acceptors (Lipinski definition) is 17. The van der Waals surface area contributed by atoms with Crippen LogP contribution in [0.5, 0.6) is 0 Å². The van der Waals surface area contributed by atoms with Gasteiger partial charge in [0.15, 0.2) is 41.3 Å². The Hall–Kier alpha value is -2.98. The standard InChI is InChI=1S/C20H24BFN10O10P2S/c21-43(35)37-1-7-13(11(33)19(40-7)32-5-28-10-16(32)29-20(24)30-17(10)34)42-44(36,45)38-2-6-12(41-43)8(22)18(39-6)31-4-27-9-14(23)25-3-26-15(9)31/h3-8,11-13,18-19,33H,1-2,21H2,(H,36,45)(H2,23,25,26)(H3,24,29,30,34)/t6-,7-,8?,11?,12?,13?,18-,19-,43?,44?/m1/s1. The maximum atomic E-state index is 16.0. The van der Waals surface area contributed by atoms with E-state index in [9.17, 15) is 19.0 Å². The summed E-state index contributed by atoms with van der Waals surface area (Å²) in [5.74, 6) is -0.157. The number of nitrogens with two attached hydrogens (primary N) is 2.